The van der Waals surface area contributed by atoms with Gasteiger partial charge in [0.05, 0.1) is 11.5 Å². The van der Waals surface area contributed by atoms with Gasteiger partial charge in [0.1, 0.15) is 5.82 Å². The molecule has 1 atom stereocenters. The standard InChI is InChI=1S/C17H17FN2O/c1-17(2)15(19-12-7-5-6-11(18)10-12)13-8-3-4-9-14(13)20-16(17)21/h3-10,15,19H,1-2H3,(H,20,21). The summed E-state index contributed by atoms with van der Waals surface area (Å²) in [6, 6.07) is 13.8. The summed E-state index contributed by atoms with van der Waals surface area (Å²) in [5, 5.41) is 6.22. The summed E-state index contributed by atoms with van der Waals surface area (Å²) in [7, 11) is 0. The Morgan fingerprint density at radius 1 is 1.14 bits per heavy atom. The van der Waals surface area contributed by atoms with Gasteiger partial charge < -0.3 is 10.6 Å². The maximum Gasteiger partial charge on any atom is 0.232 e. The molecule has 0 saturated carbocycles. The molecule has 0 fully saturated rings. The maximum absolute atomic E-state index is 13.4. The molecular weight excluding hydrogens is 267 g/mol. The van der Waals surface area contributed by atoms with Gasteiger partial charge in [-0.2, -0.15) is 0 Å². The molecule has 1 amide bonds. The molecular formula is C17H17FN2O. The number of halogens is 1. The Balaban J connectivity index is 2.04. The van der Waals surface area contributed by atoms with Gasteiger partial charge in [0.2, 0.25) is 5.91 Å². The van der Waals surface area contributed by atoms with Crippen LogP contribution in [0.1, 0.15) is 25.5 Å². The van der Waals surface area contributed by atoms with Gasteiger partial charge in [0.15, 0.2) is 0 Å². The number of amides is 1. The molecule has 1 unspecified atom stereocenters. The van der Waals surface area contributed by atoms with Crippen LogP contribution in [0.5, 0.6) is 0 Å². The fraction of sp³-hybridized carbons (Fsp3) is 0.235. The van der Waals surface area contributed by atoms with Crippen molar-refractivity contribution in [1.82, 2.24) is 0 Å². The predicted octanol–water partition coefficient (Wildman–Crippen LogP) is 3.96. The number of nitrogens with one attached hydrogen (secondary N) is 2. The van der Waals surface area contributed by atoms with Gasteiger partial charge in [0, 0.05) is 11.4 Å². The van der Waals surface area contributed by atoms with Crippen LogP contribution in [0.3, 0.4) is 0 Å². The number of hydrogen-bond donors (Lipinski definition) is 2. The van der Waals surface area contributed by atoms with Gasteiger partial charge in [-0.15, -0.1) is 0 Å². The molecule has 0 saturated heterocycles. The van der Waals surface area contributed by atoms with E-state index in [-0.39, 0.29) is 17.8 Å². The van der Waals surface area contributed by atoms with Crippen molar-refractivity contribution in [3.8, 4) is 0 Å². The first-order valence-electron chi connectivity index (χ1n) is 6.91. The van der Waals surface area contributed by atoms with Gasteiger partial charge in [-0.3, -0.25) is 4.79 Å². The number of fused-ring (bicyclic) bond motifs is 1. The number of benzene rings is 2. The molecule has 0 spiro atoms. The Kier molecular flexibility index (Phi) is 3.16. The fourth-order valence-electron chi connectivity index (χ4n) is 2.67. The van der Waals surface area contributed by atoms with Crippen LogP contribution < -0.4 is 10.6 Å². The van der Waals surface area contributed by atoms with E-state index in [9.17, 15) is 9.18 Å². The second-order valence-electron chi connectivity index (χ2n) is 5.85. The van der Waals surface area contributed by atoms with Crippen molar-refractivity contribution in [3.05, 3.63) is 59.9 Å². The lowest BCUT2D eigenvalue weighted by atomic mass is 9.76. The lowest BCUT2D eigenvalue weighted by Gasteiger charge is -2.39. The summed E-state index contributed by atoms with van der Waals surface area (Å²) in [6.07, 6.45) is 0. The predicted molar refractivity (Wildman–Crippen MR) is 81.6 cm³/mol. The van der Waals surface area contributed by atoms with E-state index >= 15 is 0 Å². The van der Waals surface area contributed by atoms with Crippen LogP contribution >= 0.6 is 0 Å². The number of rotatable bonds is 2. The highest BCUT2D eigenvalue weighted by Crippen LogP contribution is 2.43. The smallest absolute Gasteiger partial charge is 0.232 e. The normalized spacial score (nSPS) is 19.6. The van der Waals surface area contributed by atoms with Crippen molar-refractivity contribution in [3.63, 3.8) is 0 Å². The minimum atomic E-state index is -0.638. The van der Waals surface area contributed by atoms with Crippen molar-refractivity contribution in [1.29, 1.82) is 0 Å². The quantitative estimate of drug-likeness (QED) is 0.876. The molecule has 108 valence electrons. The lowest BCUT2D eigenvalue weighted by Crippen LogP contribution is -2.43. The fourth-order valence-corrected chi connectivity index (χ4v) is 2.67. The number of hydrogen-bond acceptors (Lipinski definition) is 2. The molecule has 0 radical (unpaired) electrons. The monoisotopic (exact) mass is 284 g/mol. The number of para-hydroxylation sites is 1. The van der Waals surface area contributed by atoms with Crippen LogP contribution in [-0.2, 0) is 4.79 Å². The zero-order valence-electron chi connectivity index (χ0n) is 12.0. The van der Waals surface area contributed by atoms with Gasteiger partial charge in [-0.1, -0.05) is 24.3 Å². The molecule has 1 heterocycles. The van der Waals surface area contributed by atoms with Gasteiger partial charge in [-0.05, 0) is 43.7 Å². The minimum absolute atomic E-state index is 0.0462. The van der Waals surface area contributed by atoms with Crippen LogP contribution in [0.4, 0.5) is 15.8 Å². The van der Waals surface area contributed by atoms with E-state index in [2.05, 4.69) is 10.6 Å². The Morgan fingerprint density at radius 2 is 1.90 bits per heavy atom. The summed E-state index contributed by atoms with van der Waals surface area (Å²) in [6.45, 7) is 3.77. The molecule has 0 aliphatic carbocycles. The van der Waals surface area contributed by atoms with Crippen LogP contribution in [0.25, 0.3) is 0 Å². The third-order valence-electron chi connectivity index (χ3n) is 3.96. The molecule has 2 aromatic rings. The summed E-state index contributed by atoms with van der Waals surface area (Å²) in [5.74, 6) is -0.346. The van der Waals surface area contributed by atoms with Crippen molar-refractivity contribution in [2.24, 2.45) is 5.41 Å². The third kappa shape index (κ3) is 2.37. The number of carbonyl (C=O) groups excluding carboxylic acids is 1. The Labute approximate surface area is 123 Å². The zero-order chi connectivity index (χ0) is 15.0. The van der Waals surface area contributed by atoms with E-state index in [1.165, 1.54) is 12.1 Å². The van der Waals surface area contributed by atoms with Crippen molar-refractivity contribution in [2.75, 3.05) is 10.6 Å². The molecule has 3 rings (SSSR count). The average Bonchev–Trinajstić information content (AvgIpc) is 2.44. The first-order valence-corrected chi connectivity index (χ1v) is 6.91. The molecule has 0 bridgehead atoms. The number of anilines is 2. The summed E-state index contributed by atoms with van der Waals surface area (Å²) in [5.41, 5.74) is 1.83. The van der Waals surface area contributed by atoms with Gasteiger partial charge >= 0.3 is 0 Å². The van der Waals surface area contributed by atoms with Crippen LogP contribution in [0, 0.1) is 11.2 Å². The lowest BCUT2D eigenvalue weighted by molar-refractivity contribution is -0.125. The minimum Gasteiger partial charge on any atom is -0.377 e. The number of carbonyl (C=O) groups is 1. The third-order valence-corrected chi connectivity index (χ3v) is 3.96. The topological polar surface area (TPSA) is 41.1 Å². The Morgan fingerprint density at radius 3 is 2.67 bits per heavy atom. The molecule has 21 heavy (non-hydrogen) atoms. The molecule has 1 aliphatic rings. The molecule has 1 aliphatic heterocycles. The second-order valence-corrected chi connectivity index (χ2v) is 5.85. The SMILES string of the molecule is CC1(C)C(=O)Nc2ccccc2C1Nc1cccc(F)c1. The Hall–Kier alpha value is -2.36. The van der Waals surface area contributed by atoms with E-state index in [1.807, 2.05) is 38.1 Å². The first-order chi connectivity index (χ1) is 9.98. The second kappa shape index (κ2) is 4.88. The summed E-state index contributed by atoms with van der Waals surface area (Å²) in [4.78, 5) is 12.3. The summed E-state index contributed by atoms with van der Waals surface area (Å²) < 4.78 is 13.4. The highest BCUT2D eigenvalue weighted by atomic mass is 19.1. The van der Waals surface area contributed by atoms with E-state index in [4.69, 9.17) is 0 Å². The molecule has 3 nitrogen and oxygen atoms in total. The first kappa shape index (κ1) is 13.6. The zero-order valence-corrected chi connectivity index (χ0v) is 12.0. The van der Waals surface area contributed by atoms with E-state index in [0.717, 1.165) is 11.3 Å². The maximum atomic E-state index is 13.4. The van der Waals surface area contributed by atoms with Crippen LogP contribution in [0.2, 0.25) is 0 Å². The van der Waals surface area contributed by atoms with E-state index in [1.54, 1.807) is 12.1 Å². The summed E-state index contributed by atoms with van der Waals surface area (Å²) >= 11 is 0. The van der Waals surface area contributed by atoms with E-state index in [0.29, 0.717) is 5.69 Å². The van der Waals surface area contributed by atoms with Crippen molar-refractivity contribution in [2.45, 2.75) is 19.9 Å². The van der Waals surface area contributed by atoms with Crippen molar-refractivity contribution < 1.29 is 9.18 Å². The molecule has 0 aromatic heterocycles. The van der Waals surface area contributed by atoms with Gasteiger partial charge in [0.25, 0.3) is 0 Å². The van der Waals surface area contributed by atoms with E-state index < -0.39 is 5.41 Å². The highest BCUT2D eigenvalue weighted by Gasteiger charge is 2.42. The molecule has 2 N–H and O–H groups in total. The van der Waals surface area contributed by atoms with Crippen LogP contribution in [0.15, 0.2) is 48.5 Å². The van der Waals surface area contributed by atoms with Crippen LogP contribution in [-0.4, -0.2) is 5.91 Å². The highest BCUT2D eigenvalue weighted by molar-refractivity contribution is 5.99. The Bertz CT molecular complexity index is 697. The van der Waals surface area contributed by atoms with Gasteiger partial charge in [-0.25, -0.2) is 4.39 Å². The van der Waals surface area contributed by atoms with Crippen molar-refractivity contribution >= 4 is 17.3 Å². The average molecular weight is 284 g/mol. The largest absolute Gasteiger partial charge is 0.377 e. The molecule has 4 heteroatoms. The molecule has 2 aromatic carbocycles.